The summed E-state index contributed by atoms with van der Waals surface area (Å²) in [4.78, 5) is 12.0. The largest absolute Gasteiger partial charge is 0.484 e. The summed E-state index contributed by atoms with van der Waals surface area (Å²) in [7, 11) is 0. The van der Waals surface area contributed by atoms with Gasteiger partial charge in [-0.2, -0.15) is 0 Å². The number of amides is 1. The third-order valence-corrected chi connectivity index (χ3v) is 4.29. The van der Waals surface area contributed by atoms with Crippen LogP contribution in [0.3, 0.4) is 0 Å². The molecule has 0 bridgehead atoms. The monoisotopic (exact) mass is 325 g/mol. The highest BCUT2D eigenvalue weighted by Gasteiger charge is 2.06. The van der Waals surface area contributed by atoms with Crippen LogP contribution >= 0.6 is 0 Å². The first-order valence-electron chi connectivity index (χ1n) is 8.62. The van der Waals surface area contributed by atoms with Gasteiger partial charge in [-0.15, -0.1) is 0 Å². The lowest BCUT2D eigenvalue weighted by Gasteiger charge is -2.11. The summed E-state index contributed by atoms with van der Waals surface area (Å²) in [5.41, 5.74) is 3.34. The first-order valence-corrected chi connectivity index (χ1v) is 8.62. The number of hydrogen-bond acceptors (Lipinski definition) is 2. The van der Waals surface area contributed by atoms with E-state index in [0.717, 1.165) is 12.1 Å². The topological polar surface area (TPSA) is 38.3 Å². The molecule has 0 fully saturated rings. The van der Waals surface area contributed by atoms with Crippen molar-refractivity contribution < 1.29 is 9.53 Å². The van der Waals surface area contributed by atoms with Gasteiger partial charge in [0.25, 0.3) is 5.91 Å². The summed E-state index contributed by atoms with van der Waals surface area (Å²) in [6, 6.07) is 15.9. The lowest BCUT2D eigenvalue weighted by atomic mass is 9.99. The minimum absolute atomic E-state index is 0.00807. The fourth-order valence-corrected chi connectivity index (χ4v) is 2.43. The Morgan fingerprint density at radius 1 is 0.958 bits per heavy atom. The number of carbonyl (C=O) groups excluding carboxylic acids is 1. The number of ether oxygens (including phenoxy) is 1. The van der Waals surface area contributed by atoms with E-state index in [4.69, 9.17) is 4.74 Å². The molecule has 0 saturated heterocycles. The standard InChI is InChI=1S/C21H27NO2/c1-5-16(4)18-6-10-19(11-7-18)22-21(23)14-24-20-12-8-17(9-13-20)15(2)3/h6-13,15-16H,5,14H2,1-4H3,(H,22,23). The molecule has 3 heteroatoms. The van der Waals surface area contributed by atoms with Crippen LogP contribution in [0, 0.1) is 0 Å². The number of hydrogen-bond donors (Lipinski definition) is 1. The minimum Gasteiger partial charge on any atom is -0.484 e. The molecule has 1 N–H and O–H groups in total. The molecule has 128 valence electrons. The van der Waals surface area contributed by atoms with Crippen molar-refractivity contribution >= 4 is 11.6 Å². The maximum absolute atomic E-state index is 12.0. The van der Waals surface area contributed by atoms with E-state index >= 15 is 0 Å². The minimum atomic E-state index is -0.153. The predicted molar refractivity (Wildman–Crippen MR) is 99.8 cm³/mol. The lowest BCUT2D eigenvalue weighted by Crippen LogP contribution is -2.20. The van der Waals surface area contributed by atoms with Crippen LogP contribution in [0.4, 0.5) is 5.69 Å². The summed E-state index contributed by atoms with van der Waals surface area (Å²) in [6.45, 7) is 8.68. The van der Waals surface area contributed by atoms with E-state index in [1.54, 1.807) is 0 Å². The second kappa shape index (κ2) is 8.53. The first-order chi connectivity index (χ1) is 11.5. The van der Waals surface area contributed by atoms with Crippen LogP contribution in [-0.4, -0.2) is 12.5 Å². The Hall–Kier alpha value is -2.29. The molecule has 2 rings (SSSR count). The zero-order valence-electron chi connectivity index (χ0n) is 15.0. The molecule has 1 amide bonds. The molecule has 3 nitrogen and oxygen atoms in total. The molecule has 0 aliphatic carbocycles. The molecular formula is C21H27NO2. The van der Waals surface area contributed by atoms with Gasteiger partial charge in [0.2, 0.25) is 0 Å². The molecule has 0 radical (unpaired) electrons. The molecule has 0 aromatic heterocycles. The molecule has 1 unspecified atom stereocenters. The molecule has 0 aliphatic rings. The molecule has 2 aromatic carbocycles. The van der Waals surface area contributed by atoms with E-state index in [9.17, 15) is 4.79 Å². The van der Waals surface area contributed by atoms with Gasteiger partial charge in [0.05, 0.1) is 0 Å². The van der Waals surface area contributed by atoms with E-state index in [0.29, 0.717) is 17.6 Å². The second-order valence-electron chi connectivity index (χ2n) is 6.49. The molecule has 0 spiro atoms. The Labute approximate surface area is 145 Å². The molecular weight excluding hydrogens is 298 g/mol. The number of benzene rings is 2. The second-order valence-corrected chi connectivity index (χ2v) is 6.49. The van der Waals surface area contributed by atoms with Gasteiger partial charge >= 0.3 is 0 Å². The van der Waals surface area contributed by atoms with Gasteiger partial charge in [-0.05, 0) is 53.6 Å². The Morgan fingerprint density at radius 2 is 1.54 bits per heavy atom. The summed E-state index contributed by atoms with van der Waals surface area (Å²) < 4.78 is 5.54. The van der Waals surface area contributed by atoms with Gasteiger partial charge in [0.1, 0.15) is 5.75 Å². The van der Waals surface area contributed by atoms with Gasteiger partial charge in [0.15, 0.2) is 6.61 Å². The van der Waals surface area contributed by atoms with E-state index in [1.165, 1.54) is 11.1 Å². The Balaban J connectivity index is 1.84. The fraction of sp³-hybridized carbons (Fsp3) is 0.381. The van der Waals surface area contributed by atoms with Crippen molar-refractivity contribution in [2.75, 3.05) is 11.9 Å². The van der Waals surface area contributed by atoms with Crippen LogP contribution in [0.1, 0.15) is 57.1 Å². The molecule has 0 heterocycles. The third kappa shape index (κ3) is 5.12. The number of carbonyl (C=O) groups is 1. The lowest BCUT2D eigenvalue weighted by molar-refractivity contribution is -0.118. The van der Waals surface area contributed by atoms with E-state index in [2.05, 4.69) is 45.1 Å². The van der Waals surface area contributed by atoms with Crippen molar-refractivity contribution in [1.82, 2.24) is 0 Å². The van der Waals surface area contributed by atoms with Crippen molar-refractivity contribution in [3.05, 3.63) is 59.7 Å². The highest BCUT2D eigenvalue weighted by molar-refractivity contribution is 5.91. The van der Waals surface area contributed by atoms with Gasteiger partial charge in [0, 0.05) is 5.69 Å². The summed E-state index contributed by atoms with van der Waals surface area (Å²) in [5, 5.41) is 2.86. The van der Waals surface area contributed by atoms with Crippen LogP contribution in [0.5, 0.6) is 5.75 Å². The molecule has 1 atom stereocenters. The van der Waals surface area contributed by atoms with Gasteiger partial charge in [-0.1, -0.05) is 52.0 Å². The smallest absolute Gasteiger partial charge is 0.262 e. The van der Waals surface area contributed by atoms with Crippen molar-refractivity contribution in [2.24, 2.45) is 0 Å². The van der Waals surface area contributed by atoms with Crippen LogP contribution in [0.25, 0.3) is 0 Å². The summed E-state index contributed by atoms with van der Waals surface area (Å²) >= 11 is 0. The maximum atomic E-state index is 12.0. The van der Waals surface area contributed by atoms with Gasteiger partial charge < -0.3 is 10.1 Å². The first kappa shape index (κ1) is 18.1. The van der Waals surface area contributed by atoms with Crippen molar-refractivity contribution in [2.45, 2.75) is 46.0 Å². The van der Waals surface area contributed by atoms with Crippen molar-refractivity contribution in [1.29, 1.82) is 0 Å². The van der Waals surface area contributed by atoms with Gasteiger partial charge in [-0.3, -0.25) is 4.79 Å². The quantitative estimate of drug-likeness (QED) is 0.746. The zero-order valence-corrected chi connectivity index (χ0v) is 15.0. The average molecular weight is 325 g/mol. The Morgan fingerprint density at radius 3 is 2.08 bits per heavy atom. The molecule has 0 aliphatic heterocycles. The highest BCUT2D eigenvalue weighted by atomic mass is 16.5. The fourth-order valence-electron chi connectivity index (χ4n) is 2.43. The molecule has 2 aromatic rings. The van der Waals surface area contributed by atoms with E-state index in [1.807, 2.05) is 36.4 Å². The van der Waals surface area contributed by atoms with Gasteiger partial charge in [-0.25, -0.2) is 0 Å². The number of nitrogens with one attached hydrogen (secondary N) is 1. The van der Waals surface area contributed by atoms with Crippen molar-refractivity contribution in [3.63, 3.8) is 0 Å². The zero-order chi connectivity index (χ0) is 17.5. The predicted octanol–water partition coefficient (Wildman–Crippen LogP) is 5.34. The van der Waals surface area contributed by atoms with Crippen molar-refractivity contribution in [3.8, 4) is 5.75 Å². The van der Waals surface area contributed by atoms with Crippen LogP contribution in [0.2, 0.25) is 0 Å². The highest BCUT2D eigenvalue weighted by Crippen LogP contribution is 2.21. The molecule has 24 heavy (non-hydrogen) atoms. The number of anilines is 1. The van der Waals surface area contributed by atoms with E-state index in [-0.39, 0.29) is 12.5 Å². The van der Waals surface area contributed by atoms with Crippen LogP contribution in [0.15, 0.2) is 48.5 Å². The third-order valence-electron chi connectivity index (χ3n) is 4.29. The maximum Gasteiger partial charge on any atom is 0.262 e. The van der Waals surface area contributed by atoms with E-state index < -0.39 is 0 Å². The van der Waals surface area contributed by atoms with Crippen LogP contribution in [-0.2, 0) is 4.79 Å². The SMILES string of the molecule is CCC(C)c1ccc(NC(=O)COc2ccc(C(C)C)cc2)cc1. The summed E-state index contributed by atoms with van der Waals surface area (Å²) in [5.74, 6) is 1.58. The number of rotatable bonds is 7. The normalized spacial score (nSPS) is 12.0. The Bertz CT molecular complexity index is 645. The molecule has 0 saturated carbocycles. The average Bonchev–Trinajstić information content (AvgIpc) is 2.60. The van der Waals surface area contributed by atoms with Crippen LogP contribution < -0.4 is 10.1 Å². The summed E-state index contributed by atoms with van der Waals surface area (Å²) in [6.07, 6.45) is 1.11. The Kier molecular flexibility index (Phi) is 6.42.